The van der Waals surface area contributed by atoms with Crippen LogP contribution in [0.4, 0.5) is 5.69 Å². The van der Waals surface area contributed by atoms with Gasteiger partial charge in [0.05, 0.1) is 20.3 Å². The van der Waals surface area contributed by atoms with E-state index < -0.39 is 0 Å². The van der Waals surface area contributed by atoms with E-state index in [-0.39, 0.29) is 19.6 Å². The van der Waals surface area contributed by atoms with Gasteiger partial charge in [0, 0.05) is 14.2 Å². The maximum absolute atomic E-state index is 5.84. The fraction of sp³-hybridized carbons (Fsp3) is 0.500. The number of hydrogen-bond acceptors (Lipinski definition) is 4. The van der Waals surface area contributed by atoms with Crippen molar-refractivity contribution >= 4 is 19.2 Å². The van der Waals surface area contributed by atoms with Crippen LogP contribution in [0.25, 0.3) is 0 Å². The molecular weight excluding hydrogens is 238 g/mol. The molecule has 0 radical (unpaired) electrons. The number of rotatable bonds is 3. The molecule has 0 N–H and O–H groups in total. The molecule has 1 aliphatic heterocycles. The second-order valence-electron chi connectivity index (χ2n) is 3.88. The van der Waals surface area contributed by atoms with Crippen LogP contribution in [0.3, 0.4) is 0 Å². The number of benzene rings is 1. The van der Waals surface area contributed by atoms with Crippen molar-refractivity contribution < 1.29 is 14.2 Å². The topological polar surface area (TPSA) is 30.9 Å². The Morgan fingerprint density at radius 3 is 2.82 bits per heavy atom. The van der Waals surface area contributed by atoms with E-state index in [4.69, 9.17) is 14.2 Å². The minimum absolute atomic E-state index is 0. The molecule has 0 amide bonds. The Kier molecular flexibility index (Phi) is 4.96. The number of likely N-dealkylation sites (N-methyl/N-ethyl adjacent to an activating group) is 1. The lowest BCUT2D eigenvalue weighted by Crippen LogP contribution is -2.40. The molecule has 2 rings (SSSR count). The third-order valence-electron chi connectivity index (χ3n) is 2.69. The van der Waals surface area contributed by atoms with Gasteiger partial charge in [-0.15, -0.1) is 0 Å². The third-order valence-corrected chi connectivity index (χ3v) is 2.69. The molecule has 5 heteroatoms. The van der Waals surface area contributed by atoms with Crippen LogP contribution in [-0.2, 0) is 4.74 Å². The van der Waals surface area contributed by atoms with Gasteiger partial charge in [-0.05, 0) is 12.1 Å². The maximum atomic E-state index is 5.84. The molecule has 0 unspecified atom stereocenters. The smallest absolute Gasteiger partial charge is 0.147 e. The number of para-hydroxylation sites is 1. The lowest BCUT2D eigenvalue weighted by atomic mass is 10.2. The van der Waals surface area contributed by atoms with Crippen molar-refractivity contribution in [3.05, 3.63) is 18.2 Å². The quantitative estimate of drug-likeness (QED) is 0.824. The van der Waals surface area contributed by atoms with Crippen LogP contribution in [0.2, 0.25) is 0 Å². The number of methoxy groups -OCH3 is 2. The van der Waals surface area contributed by atoms with Gasteiger partial charge in [0.25, 0.3) is 0 Å². The zero-order valence-electron chi connectivity index (χ0n) is 10.4. The molecule has 4 nitrogen and oxygen atoms in total. The summed E-state index contributed by atoms with van der Waals surface area (Å²) in [5.74, 6) is 1.70. The van der Waals surface area contributed by atoms with Gasteiger partial charge in [0.1, 0.15) is 23.3 Å². The number of nitrogens with zero attached hydrogens (tertiary/aromatic N) is 1. The maximum Gasteiger partial charge on any atom is 0.147 e. The summed E-state index contributed by atoms with van der Waals surface area (Å²) in [5, 5.41) is 0. The highest BCUT2D eigenvalue weighted by molar-refractivity contribution is 7.59. The molecule has 1 atom stereocenters. The largest absolute Gasteiger partial charge is 0.494 e. The molecule has 0 fully saturated rings. The second-order valence-corrected chi connectivity index (χ2v) is 3.88. The van der Waals surface area contributed by atoms with E-state index >= 15 is 0 Å². The van der Waals surface area contributed by atoms with E-state index in [9.17, 15) is 0 Å². The van der Waals surface area contributed by atoms with E-state index in [0.29, 0.717) is 6.61 Å². The molecule has 0 saturated heterocycles. The summed E-state index contributed by atoms with van der Waals surface area (Å²) in [6.45, 7) is 1.40. The van der Waals surface area contributed by atoms with E-state index in [1.165, 1.54) is 0 Å². The predicted octanol–water partition coefficient (Wildman–Crippen LogP) is 1.65. The molecule has 1 aromatic carbocycles. The molecule has 0 saturated carbocycles. The van der Waals surface area contributed by atoms with Gasteiger partial charge in [-0.3, -0.25) is 0 Å². The lowest BCUT2D eigenvalue weighted by molar-refractivity contribution is 0.0798. The van der Waals surface area contributed by atoms with Crippen LogP contribution in [0, 0.1) is 0 Å². The fourth-order valence-corrected chi connectivity index (χ4v) is 2.02. The van der Waals surface area contributed by atoms with Crippen molar-refractivity contribution in [1.82, 2.24) is 0 Å². The van der Waals surface area contributed by atoms with Crippen molar-refractivity contribution in [3.8, 4) is 11.5 Å². The average Bonchev–Trinajstić information content (AvgIpc) is 2.28. The Bertz CT molecular complexity index is 373. The van der Waals surface area contributed by atoms with E-state index in [1.54, 1.807) is 14.2 Å². The number of anilines is 1. The molecule has 0 spiro atoms. The summed E-state index contributed by atoms with van der Waals surface area (Å²) >= 11 is 0. The zero-order valence-corrected chi connectivity index (χ0v) is 11.4. The van der Waals surface area contributed by atoms with Gasteiger partial charge in [-0.2, -0.15) is 13.5 Å². The van der Waals surface area contributed by atoms with Gasteiger partial charge < -0.3 is 19.1 Å². The van der Waals surface area contributed by atoms with Gasteiger partial charge in [-0.25, -0.2) is 0 Å². The van der Waals surface area contributed by atoms with Crippen LogP contribution >= 0.6 is 13.5 Å². The van der Waals surface area contributed by atoms with Crippen LogP contribution < -0.4 is 14.4 Å². The predicted molar refractivity (Wildman–Crippen MR) is 72.9 cm³/mol. The van der Waals surface area contributed by atoms with Crippen LogP contribution in [0.15, 0.2) is 18.2 Å². The summed E-state index contributed by atoms with van der Waals surface area (Å²) in [7, 11) is 5.39. The first kappa shape index (κ1) is 14.0. The molecule has 96 valence electrons. The van der Waals surface area contributed by atoms with E-state index in [2.05, 4.69) is 4.90 Å². The molecule has 0 aliphatic carbocycles. The molecule has 0 aromatic heterocycles. The van der Waals surface area contributed by atoms with Gasteiger partial charge >= 0.3 is 0 Å². The first-order valence-corrected chi connectivity index (χ1v) is 5.30. The van der Waals surface area contributed by atoms with Gasteiger partial charge in [0.2, 0.25) is 0 Å². The lowest BCUT2D eigenvalue weighted by Gasteiger charge is -2.34. The van der Waals surface area contributed by atoms with Crippen LogP contribution in [0.1, 0.15) is 0 Å². The summed E-state index contributed by atoms with van der Waals surface area (Å²) in [5.41, 5.74) is 1.01. The highest BCUT2D eigenvalue weighted by Gasteiger charge is 2.25. The monoisotopic (exact) mass is 257 g/mol. The molecule has 0 bridgehead atoms. The minimum Gasteiger partial charge on any atom is -0.494 e. The molecule has 17 heavy (non-hydrogen) atoms. The Balaban J connectivity index is 0.00000144. The van der Waals surface area contributed by atoms with Crippen molar-refractivity contribution in [2.24, 2.45) is 0 Å². The van der Waals surface area contributed by atoms with E-state index in [0.717, 1.165) is 23.7 Å². The summed E-state index contributed by atoms with van der Waals surface area (Å²) in [6, 6.07) is 5.83. The number of fused-ring (bicyclic) bond motifs is 1. The Hall–Kier alpha value is -1.07. The third kappa shape index (κ3) is 2.79. The summed E-state index contributed by atoms with van der Waals surface area (Å²) in [6.07, 6.45) is 0.0783. The van der Waals surface area contributed by atoms with Gasteiger partial charge in [-0.1, -0.05) is 6.07 Å². The van der Waals surface area contributed by atoms with Crippen LogP contribution in [-0.4, -0.2) is 40.5 Å². The Labute approximate surface area is 109 Å². The molecule has 1 aromatic rings. The highest BCUT2D eigenvalue weighted by atomic mass is 32.1. The summed E-state index contributed by atoms with van der Waals surface area (Å²) < 4.78 is 16.3. The normalized spacial score (nSPS) is 17.8. The molecular formula is C12H19NO3S. The zero-order chi connectivity index (χ0) is 11.5. The van der Waals surface area contributed by atoms with Crippen molar-refractivity contribution in [2.75, 3.05) is 39.3 Å². The second kappa shape index (κ2) is 6.02. The van der Waals surface area contributed by atoms with Crippen LogP contribution in [0.5, 0.6) is 11.5 Å². The van der Waals surface area contributed by atoms with Gasteiger partial charge in [0.15, 0.2) is 0 Å². The summed E-state index contributed by atoms with van der Waals surface area (Å²) in [4.78, 5) is 2.14. The number of hydrogen-bond donors (Lipinski definition) is 0. The van der Waals surface area contributed by atoms with Crippen molar-refractivity contribution in [1.29, 1.82) is 0 Å². The Morgan fingerprint density at radius 2 is 2.18 bits per heavy atom. The molecule has 1 heterocycles. The molecule has 1 aliphatic rings. The SMILES string of the molecule is COC[C@@H]1CN(C)c2c(OC)cccc2O1.S. The first-order chi connectivity index (χ1) is 7.76. The minimum atomic E-state index is 0. The van der Waals surface area contributed by atoms with E-state index in [1.807, 2.05) is 25.2 Å². The highest BCUT2D eigenvalue weighted by Crippen LogP contribution is 2.40. The standard InChI is InChI=1S/C12H17NO3.H2S/c1-13-7-9(8-14-2)16-11-6-4-5-10(15-3)12(11)13;/h4-6,9H,7-8H2,1-3H3;1H2/t9-;/m0./s1. The Morgan fingerprint density at radius 1 is 1.41 bits per heavy atom. The first-order valence-electron chi connectivity index (χ1n) is 5.30. The van der Waals surface area contributed by atoms with Crippen molar-refractivity contribution in [3.63, 3.8) is 0 Å². The average molecular weight is 257 g/mol. The number of ether oxygens (including phenoxy) is 3. The van der Waals surface area contributed by atoms with Crippen molar-refractivity contribution in [2.45, 2.75) is 6.10 Å². The fourth-order valence-electron chi connectivity index (χ4n) is 2.02.